The van der Waals surface area contributed by atoms with Gasteiger partial charge in [-0.3, -0.25) is 4.79 Å². The van der Waals surface area contributed by atoms with E-state index in [0.29, 0.717) is 28.6 Å². The van der Waals surface area contributed by atoms with Crippen molar-refractivity contribution in [1.82, 2.24) is 9.97 Å². The van der Waals surface area contributed by atoms with Crippen molar-refractivity contribution in [3.63, 3.8) is 0 Å². The number of aromatic nitrogens is 2. The minimum atomic E-state index is -0.364. The second-order valence-corrected chi connectivity index (χ2v) is 9.57. The molecule has 0 aliphatic heterocycles. The lowest BCUT2D eigenvalue weighted by Crippen LogP contribution is -2.25. The maximum atomic E-state index is 13.2. The van der Waals surface area contributed by atoms with Gasteiger partial charge in [-0.05, 0) is 36.2 Å². The largest absolute Gasteiger partial charge is 0.497 e. The first kappa shape index (κ1) is 23.4. The van der Waals surface area contributed by atoms with E-state index in [1.54, 1.807) is 50.1 Å². The number of fused-ring (bicyclic) bond motifs is 1. The van der Waals surface area contributed by atoms with Crippen LogP contribution in [0.15, 0.2) is 59.2 Å². The molecule has 2 aromatic carbocycles. The topological polar surface area (TPSA) is 73.3 Å². The predicted octanol–water partition coefficient (Wildman–Crippen LogP) is 6.54. The number of hydrogen-bond donors (Lipinski definition) is 1. The number of nitrogens with zero attached hydrogens (tertiary/aromatic N) is 2. The van der Waals surface area contributed by atoms with Crippen molar-refractivity contribution in [3.05, 3.63) is 59.2 Å². The smallest absolute Gasteiger partial charge is 0.238 e. The van der Waals surface area contributed by atoms with Crippen LogP contribution in [0.25, 0.3) is 21.3 Å². The number of carbonyl (C=O) groups excluding carboxylic acids is 1. The van der Waals surface area contributed by atoms with Gasteiger partial charge in [-0.2, -0.15) is 0 Å². The number of ether oxygens (including phenoxy) is 2. The summed E-state index contributed by atoms with van der Waals surface area (Å²) in [5.74, 6) is 1.07. The second-order valence-electron chi connectivity index (χ2n) is 7.09. The minimum absolute atomic E-state index is 0.135. The molecule has 0 saturated heterocycles. The maximum Gasteiger partial charge on any atom is 0.238 e. The molecule has 2 heterocycles. The van der Waals surface area contributed by atoms with Gasteiger partial charge < -0.3 is 14.8 Å². The Morgan fingerprint density at radius 2 is 1.94 bits per heavy atom. The SMILES string of the molecule is CCC(Sc1ncnc2scc(-c3ccc(Cl)cc3)c12)C(=O)Nc1cc(OC)ccc1OC. The molecule has 0 aliphatic rings. The van der Waals surface area contributed by atoms with Gasteiger partial charge in [0.25, 0.3) is 0 Å². The molecule has 170 valence electrons. The normalized spacial score (nSPS) is 11.9. The van der Waals surface area contributed by atoms with Crippen LogP contribution in [-0.4, -0.2) is 35.3 Å². The molecule has 4 aromatic rings. The predicted molar refractivity (Wildman–Crippen MR) is 136 cm³/mol. The van der Waals surface area contributed by atoms with E-state index >= 15 is 0 Å². The summed E-state index contributed by atoms with van der Waals surface area (Å²) in [6.07, 6.45) is 2.16. The van der Waals surface area contributed by atoms with Gasteiger partial charge in [0.2, 0.25) is 5.91 Å². The molecule has 0 aliphatic carbocycles. The average molecular weight is 500 g/mol. The van der Waals surface area contributed by atoms with Crippen LogP contribution in [0.3, 0.4) is 0 Å². The molecule has 0 radical (unpaired) electrons. The monoisotopic (exact) mass is 499 g/mol. The number of hydrogen-bond acceptors (Lipinski definition) is 7. The molecule has 0 saturated carbocycles. The summed E-state index contributed by atoms with van der Waals surface area (Å²) in [6, 6.07) is 13.0. The zero-order chi connectivity index (χ0) is 23.4. The number of methoxy groups -OCH3 is 2. The van der Waals surface area contributed by atoms with Gasteiger partial charge in [0.05, 0.1) is 30.5 Å². The van der Waals surface area contributed by atoms with E-state index < -0.39 is 0 Å². The third-order valence-corrected chi connectivity index (χ3v) is 7.58. The first-order valence-electron chi connectivity index (χ1n) is 10.2. The fourth-order valence-corrected chi connectivity index (χ4v) is 5.50. The Morgan fingerprint density at radius 3 is 2.64 bits per heavy atom. The van der Waals surface area contributed by atoms with Gasteiger partial charge in [0.15, 0.2) is 0 Å². The minimum Gasteiger partial charge on any atom is -0.497 e. The van der Waals surface area contributed by atoms with Crippen LogP contribution >= 0.6 is 34.7 Å². The third kappa shape index (κ3) is 5.08. The molecule has 1 atom stereocenters. The highest BCUT2D eigenvalue weighted by Crippen LogP contribution is 2.40. The summed E-state index contributed by atoms with van der Waals surface area (Å²) in [5, 5.41) is 7.08. The molecule has 1 amide bonds. The highest BCUT2D eigenvalue weighted by atomic mass is 35.5. The Bertz CT molecular complexity index is 1280. The number of halogens is 1. The van der Waals surface area contributed by atoms with Crippen LogP contribution < -0.4 is 14.8 Å². The molecule has 1 unspecified atom stereocenters. The number of rotatable bonds is 8. The van der Waals surface area contributed by atoms with Crippen molar-refractivity contribution in [3.8, 4) is 22.6 Å². The van der Waals surface area contributed by atoms with Crippen LogP contribution in [0.1, 0.15) is 13.3 Å². The molecular weight excluding hydrogens is 478 g/mol. The van der Waals surface area contributed by atoms with Crippen molar-refractivity contribution in [1.29, 1.82) is 0 Å². The number of thiophene rings is 1. The van der Waals surface area contributed by atoms with Crippen LogP contribution in [0.5, 0.6) is 11.5 Å². The molecule has 9 heteroatoms. The van der Waals surface area contributed by atoms with Gasteiger partial charge in [0.1, 0.15) is 27.7 Å². The maximum absolute atomic E-state index is 13.2. The van der Waals surface area contributed by atoms with E-state index in [2.05, 4.69) is 20.7 Å². The number of thioether (sulfide) groups is 1. The Kier molecular flexibility index (Phi) is 7.37. The number of nitrogens with one attached hydrogen (secondary N) is 1. The van der Waals surface area contributed by atoms with Crippen molar-refractivity contribution in [2.24, 2.45) is 0 Å². The van der Waals surface area contributed by atoms with E-state index in [4.69, 9.17) is 21.1 Å². The molecular formula is C24H22ClN3O3S2. The van der Waals surface area contributed by atoms with Crippen LogP contribution in [-0.2, 0) is 4.79 Å². The highest BCUT2D eigenvalue weighted by molar-refractivity contribution is 8.00. The van der Waals surface area contributed by atoms with Gasteiger partial charge >= 0.3 is 0 Å². The fraction of sp³-hybridized carbons (Fsp3) is 0.208. The lowest BCUT2D eigenvalue weighted by Gasteiger charge is -2.17. The molecule has 6 nitrogen and oxygen atoms in total. The summed E-state index contributed by atoms with van der Waals surface area (Å²) in [6.45, 7) is 1.98. The Balaban J connectivity index is 1.64. The summed E-state index contributed by atoms with van der Waals surface area (Å²) in [5.41, 5.74) is 2.62. The van der Waals surface area contributed by atoms with Crippen molar-refractivity contribution < 1.29 is 14.3 Å². The molecule has 4 rings (SSSR count). The molecule has 0 spiro atoms. The van der Waals surface area contributed by atoms with Gasteiger partial charge in [-0.15, -0.1) is 11.3 Å². The van der Waals surface area contributed by atoms with E-state index in [0.717, 1.165) is 26.4 Å². The number of carbonyl (C=O) groups is 1. The summed E-state index contributed by atoms with van der Waals surface area (Å²) in [4.78, 5) is 23.0. The van der Waals surface area contributed by atoms with E-state index in [9.17, 15) is 4.79 Å². The van der Waals surface area contributed by atoms with E-state index in [1.807, 2.05) is 31.2 Å². The summed E-state index contributed by atoms with van der Waals surface area (Å²) >= 11 is 9.05. The zero-order valence-corrected chi connectivity index (χ0v) is 20.7. The average Bonchev–Trinajstić information content (AvgIpc) is 3.28. The lowest BCUT2D eigenvalue weighted by atomic mass is 10.1. The van der Waals surface area contributed by atoms with Crippen LogP contribution in [0, 0.1) is 0 Å². The lowest BCUT2D eigenvalue weighted by molar-refractivity contribution is -0.115. The van der Waals surface area contributed by atoms with Gasteiger partial charge in [-0.1, -0.05) is 42.4 Å². The van der Waals surface area contributed by atoms with Crippen molar-refractivity contribution in [2.45, 2.75) is 23.6 Å². The van der Waals surface area contributed by atoms with Gasteiger partial charge in [0, 0.05) is 22.0 Å². The molecule has 2 aromatic heterocycles. The Hall–Kier alpha value is -2.81. The number of anilines is 1. The van der Waals surface area contributed by atoms with Crippen LogP contribution in [0.2, 0.25) is 5.02 Å². The molecule has 0 fully saturated rings. The first-order valence-corrected chi connectivity index (χ1v) is 12.4. The standard InChI is InChI=1S/C24H22ClN3O3S2/c1-4-20(22(29)28-18-11-16(30-2)9-10-19(18)31-3)33-24-21-17(12-32-23(21)26-13-27-24)14-5-7-15(25)8-6-14/h5-13,20H,4H2,1-3H3,(H,28,29). The first-order chi connectivity index (χ1) is 16.0. The Morgan fingerprint density at radius 1 is 1.15 bits per heavy atom. The summed E-state index contributed by atoms with van der Waals surface area (Å²) < 4.78 is 10.7. The van der Waals surface area contributed by atoms with E-state index in [-0.39, 0.29) is 11.2 Å². The van der Waals surface area contributed by atoms with Crippen molar-refractivity contribution >= 4 is 56.5 Å². The number of benzene rings is 2. The zero-order valence-electron chi connectivity index (χ0n) is 18.3. The number of amides is 1. The fourth-order valence-electron chi connectivity index (χ4n) is 3.36. The molecule has 1 N–H and O–H groups in total. The molecule has 33 heavy (non-hydrogen) atoms. The van der Waals surface area contributed by atoms with E-state index in [1.165, 1.54) is 11.8 Å². The quantitative estimate of drug-likeness (QED) is 0.219. The second kappa shape index (κ2) is 10.4. The third-order valence-electron chi connectivity index (χ3n) is 5.07. The highest BCUT2D eigenvalue weighted by Gasteiger charge is 2.23. The van der Waals surface area contributed by atoms with Crippen LogP contribution in [0.4, 0.5) is 5.69 Å². The Labute approximate surface area is 205 Å². The van der Waals surface area contributed by atoms with Gasteiger partial charge in [-0.25, -0.2) is 9.97 Å². The molecule has 0 bridgehead atoms. The van der Waals surface area contributed by atoms with Crippen molar-refractivity contribution in [2.75, 3.05) is 19.5 Å². The summed E-state index contributed by atoms with van der Waals surface area (Å²) in [7, 11) is 3.15.